The monoisotopic (exact) mass is 316 g/mol. The maximum absolute atomic E-state index is 14.2. The van der Waals surface area contributed by atoms with Gasteiger partial charge in [0.05, 0.1) is 0 Å². The SMILES string of the molecule is CCN(CC)[P+](N(CC)CC)(N(CC)CC)C(F)(F)F. The van der Waals surface area contributed by atoms with Gasteiger partial charge in [-0.3, -0.25) is 0 Å². The van der Waals surface area contributed by atoms with E-state index >= 15 is 0 Å². The Morgan fingerprint density at radius 3 is 0.900 bits per heavy atom. The highest BCUT2D eigenvalue weighted by Crippen LogP contribution is 2.77. The van der Waals surface area contributed by atoms with Crippen LogP contribution in [0.2, 0.25) is 0 Å². The van der Waals surface area contributed by atoms with E-state index in [2.05, 4.69) is 0 Å². The van der Waals surface area contributed by atoms with Gasteiger partial charge >= 0.3 is 13.6 Å². The predicted octanol–water partition coefficient (Wildman–Crippen LogP) is 4.29. The average Bonchev–Trinajstić information content (AvgIpc) is 2.40. The summed E-state index contributed by atoms with van der Waals surface area (Å²) in [6.07, 6.45) is 0. The minimum Gasteiger partial charge on any atom is -0.141 e. The fourth-order valence-corrected chi connectivity index (χ4v) is 7.27. The van der Waals surface area contributed by atoms with E-state index in [9.17, 15) is 13.2 Å². The number of nitrogens with zero attached hydrogens (tertiary/aromatic N) is 3. The number of halogens is 3. The molecule has 0 N–H and O–H groups in total. The molecule has 0 aromatic rings. The molecule has 0 aliphatic rings. The Hall–Kier alpha value is 0.100. The molecule has 0 heterocycles. The number of alkyl halides is 3. The third-order valence-corrected chi connectivity index (χ3v) is 8.46. The van der Waals surface area contributed by atoms with Crippen LogP contribution < -0.4 is 0 Å². The van der Waals surface area contributed by atoms with Gasteiger partial charge in [0.1, 0.15) is 0 Å². The van der Waals surface area contributed by atoms with Crippen LogP contribution in [0.3, 0.4) is 0 Å². The minimum atomic E-state index is -4.23. The highest BCUT2D eigenvalue weighted by Gasteiger charge is 2.74. The number of hydrogen-bond donors (Lipinski definition) is 0. The summed E-state index contributed by atoms with van der Waals surface area (Å²) in [6.45, 7) is 13.4. The maximum Gasteiger partial charge on any atom is 0.561 e. The highest BCUT2D eigenvalue weighted by atomic mass is 31.2. The lowest BCUT2D eigenvalue weighted by molar-refractivity contribution is -0.0633. The molecular formula is C13H30F3N3P+. The van der Waals surface area contributed by atoms with Gasteiger partial charge in [-0.05, 0) is 41.5 Å². The zero-order chi connectivity index (χ0) is 16.0. The molecular weight excluding hydrogens is 286 g/mol. The normalized spacial score (nSPS) is 13.8. The third kappa shape index (κ3) is 3.46. The van der Waals surface area contributed by atoms with Crippen molar-refractivity contribution in [1.29, 1.82) is 0 Å². The lowest BCUT2D eigenvalue weighted by atomic mass is 10.7. The summed E-state index contributed by atoms with van der Waals surface area (Å²) in [5, 5.41) is 0. The molecule has 0 aromatic heterocycles. The van der Waals surface area contributed by atoms with Gasteiger partial charge in [0, 0.05) is 39.3 Å². The van der Waals surface area contributed by atoms with Crippen molar-refractivity contribution in [3.63, 3.8) is 0 Å². The Kier molecular flexibility index (Phi) is 8.56. The Morgan fingerprint density at radius 2 is 0.800 bits per heavy atom. The van der Waals surface area contributed by atoms with E-state index in [1.54, 1.807) is 14.0 Å². The van der Waals surface area contributed by atoms with Gasteiger partial charge in [-0.2, -0.15) is 0 Å². The summed E-state index contributed by atoms with van der Waals surface area (Å²) in [5.41, 5.74) is 0. The topological polar surface area (TPSA) is 9.72 Å². The Balaban J connectivity index is 6.15. The molecule has 0 radical (unpaired) electrons. The maximum atomic E-state index is 14.2. The molecule has 0 saturated carbocycles. The largest absolute Gasteiger partial charge is 0.561 e. The third-order valence-electron chi connectivity index (χ3n) is 3.71. The first-order valence-electron chi connectivity index (χ1n) is 7.53. The Bertz CT molecular complexity index is 231. The molecule has 0 unspecified atom stereocenters. The quantitative estimate of drug-likeness (QED) is 0.587. The van der Waals surface area contributed by atoms with Gasteiger partial charge in [0.25, 0.3) is 0 Å². The van der Waals surface area contributed by atoms with E-state index < -0.39 is 13.6 Å². The minimum absolute atomic E-state index is 0.413. The van der Waals surface area contributed by atoms with Crippen LogP contribution in [0, 0.1) is 0 Å². The first-order valence-corrected chi connectivity index (χ1v) is 9.18. The molecule has 0 rings (SSSR count). The van der Waals surface area contributed by atoms with Crippen molar-refractivity contribution in [2.24, 2.45) is 0 Å². The molecule has 3 nitrogen and oxygen atoms in total. The Labute approximate surface area is 122 Å². The molecule has 0 spiro atoms. The van der Waals surface area contributed by atoms with Gasteiger partial charge in [0.15, 0.2) is 0 Å². The zero-order valence-electron chi connectivity index (χ0n) is 13.7. The molecule has 0 atom stereocenters. The van der Waals surface area contributed by atoms with Crippen molar-refractivity contribution >= 4 is 7.71 Å². The molecule has 20 heavy (non-hydrogen) atoms. The standard InChI is InChI=1S/C13H30F3N3P/c1-7-17(8-2)20(13(14,15)16,18(9-3)10-4)19(11-5)12-6/h7-12H2,1-6H3/q+1. The van der Waals surface area contributed by atoms with Crippen LogP contribution in [0.15, 0.2) is 0 Å². The van der Waals surface area contributed by atoms with E-state index in [1.807, 2.05) is 41.5 Å². The first-order chi connectivity index (χ1) is 9.31. The van der Waals surface area contributed by atoms with Crippen molar-refractivity contribution in [2.75, 3.05) is 39.3 Å². The smallest absolute Gasteiger partial charge is 0.141 e. The van der Waals surface area contributed by atoms with E-state index in [1.165, 1.54) is 0 Å². The molecule has 0 aliphatic carbocycles. The fourth-order valence-electron chi connectivity index (χ4n) is 2.87. The lowest BCUT2D eigenvalue weighted by Crippen LogP contribution is -2.51. The molecule has 0 bridgehead atoms. The van der Waals surface area contributed by atoms with Gasteiger partial charge in [0.2, 0.25) is 0 Å². The van der Waals surface area contributed by atoms with Gasteiger partial charge in [-0.1, -0.05) is 0 Å². The Morgan fingerprint density at radius 1 is 0.600 bits per heavy atom. The van der Waals surface area contributed by atoms with Crippen LogP contribution in [0.1, 0.15) is 41.5 Å². The molecule has 122 valence electrons. The summed E-state index contributed by atoms with van der Waals surface area (Å²) < 4.78 is 47.4. The molecule has 7 heteroatoms. The van der Waals surface area contributed by atoms with E-state index in [-0.39, 0.29) is 0 Å². The van der Waals surface area contributed by atoms with Gasteiger partial charge in [-0.15, -0.1) is 27.2 Å². The predicted molar refractivity (Wildman–Crippen MR) is 81.7 cm³/mol. The van der Waals surface area contributed by atoms with E-state index in [0.717, 1.165) is 0 Å². The molecule has 0 fully saturated rings. The average molecular weight is 316 g/mol. The lowest BCUT2D eigenvalue weighted by Gasteiger charge is -2.45. The summed E-state index contributed by atoms with van der Waals surface area (Å²) in [4.78, 5) is 0. The van der Waals surface area contributed by atoms with Gasteiger partial charge in [-0.25, -0.2) is 0 Å². The molecule has 0 aliphatic heterocycles. The van der Waals surface area contributed by atoms with Crippen molar-refractivity contribution in [1.82, 2.24) is 14.0 Å². The summed E-state index contributed by atoms with van der Waals surface area (Å²) in [6, 6.07) is 0. The van der Waals surface area contributed by atoms with Crippen molar-refractivity contribution in [3.05, 3.63) is 0 Å². The summed E-state index contributed by atoms with van der Waals surface area (Å²) >= 11 is 0. The second-order valence-electron chi connectivity index (χ2n) is 4.45. The van der Waals surface area contributed by atoms with Crippen molar-refractivity contribution < 1.29 is 13.2 Å². The van der Waals surface area contributed by atoms with Gasteiger partial charge < -0.3 is 0 Å². The summed E-state index contributed by atoms with van der Waals surface area (Å²) in [7, 11) is -3.51. The highest BCUT2D eigenvalue weighted by molar-refractivity contribution is 7.70. The fraction of sp³-hybridized carbons (Fsp3) is 1.00. The molecule has 0 aromatic carbocycles. The number of hydrogen-bond acceptors (Lipinski definition) is 3. The zero-order valence-corrected chi connectivity index (χ0v) is 14.6. The van der Waals surface area contributed by atoms with Crippen LogP contribution in [0.5, 0.6) is 0 Å². The second kappa shape index (κ2) is 8.52. The number of rotatable bonds is 9. The second-order valence-corrected chi connectivity index (χ2v) is 7.79. The van der Waals surface area contributed by atoms with Crippen LogP contribution in [-0.4, -0.2) is 59.2 Å². The van der Waals surface area contributed by atoms with Crippen LogP contribution in [0.4, 0.5) is 13.2 Å². The van der Waals surface area contributed by atoms with Crippen LogP contribution >= 0.6 is 7.71 Å². The molecule has 0 saturated heterocycles. The van der Waals surface area contributed by atoms with Crippen molar-refractivity contribution in [3.8, 4) is 0 Å². The van der Waals surface area contributed by atoms with Crippen LogP contribution in [-0.2, 0) is 0 Å². The van der Waals surface area contributed by atoms with E-state index in [4.69, 9.17) is 0 Å². The summed E-state index contributed by atoms with van der Waals surface area (Å²) in [5.74, 6) is -4.23. The van der Waals surface area contributed by atoms with Crippen LogP contribution in [0.25, 0.3) is 0 Å². The molecule has 0 amide bonds. The van der Waals surface area contributed by atoms with Crippen molar-refractivity contribution in [2.45, 2.75) is 47.5 Å². The first kappa shape index (κ1) is 20.1. The van der Waals surface area contributed by atoms with E-state index in [0.29, 0.717) is 39.3 Å².